The average Bonchev–Trinajstić information content (AvgIpc) is 2.94. The summed E-state index contributed by atoms with van der Waals surface area (Å²) >= 11 is 0. The summed E-state index contributed by atoms with van der Waals surface area (Å²) in [5.41, 5.74) is 1.83. The third-order valence-electron chi connectivity index (χ3n) is 4.83. The van der Waals surface area contributed by atoms with Gasteiger partial charge in [0, 0.05) is 11.8 Å². The molecular formula is C19H29NOSi. The van der Waals surface area contributed by atoms with Crippen LogP contribution in [0.25, 0.3) is 0 Å². The van der Waals surface area contributed by atoms with Gasteiger partial charge in [0.05, 0.1) is 13.8 Å². The summed E-state index contributed by atoms with van der Waals surface area (Å²) in [6, 6.07) is 10.9. The Morgan fingerprint density at radius 1 is 1.23 bits per heavy atom. The first kappa shape index (κ1) is 17.0. The maximum absolute atomic E-state index is 5.58. The molecule has 0 spiro atoms. The number of nitrogens with zero attached hydrogens (tertiary/aromatic N) is 1. The lowest BCUT2D eigenvalue weighted by molar-refractivity contribution is 0.119. The second-order valence-corrected chi connectivity index (χ2v) is 12.8. The maximum Gasteiger partial charge on any atom is 0.151 e. The van der Waals surface area contributed by atoms with E-state index in [2.05, 4.69) is 88.4 Å². The summed E-state index contributed by atoms with van der Waals surface area (Å²) < 4.78 is 0. The fraction of sp³-hybridized carbons (Fsp3) is 0.526. The average molecular weight is 316 g/mol. The highest BCUT2D eigenvalue weighted by molar-refractivity contribution is 6.91. The van der Waals surface area contributed by atoms with Crippen molar-refractivity contribution < 1.29 is 4.84 Å². The van der Waals surface area contributed by atoms with E-state index >= 15 is 0 Å². The van der Waals surface area contributed by atoms with Gasteiger partial charge in [-0.3, -0.25) is 0 Å². The highest BCUT2D eigenvalue weighted by Crippen LogP contribution is 2.28. The molecule has 0 N–H and O–H groups in total. The summed E-state index contributed by atoms with van der Waals surface area (Å²) in [6.07, 6.45) is 5.58. The molecule has 120 valence electrons. The molecule has 0 unspecified atom stereocenters. The Labute approximate surface area is 136 Å². The lowest BCUT2D eigenvalue weighted by Gasteiger charge is -2.28. The van der Waals surface area contributed by atoms with Crippen LogP contribution in [0.15, 0.2) is 47.6 Å². The molecule has 0 fully saturated rings. The number of hydrogen-bond acceptors (Lipinski definition) is 2. The molecule has 2 nitrogen and oxygen atoms in total. The van der Waals surface area contributed by atoms with Crippen LogP contribution in [-0.4, -0.2) is 19.9 Å². The quantitative estimate of drug-likeness (QED) is 0.581. The number of hydrogen-bond donors (Lipinski definition) is 0. The normalized spacial score (nSPS) is 20.8. The van der Waals surface area contributed by atoms with Crippen molar-refractivity contribution >= 4 is 19.0 Å². The summed E-state index contributed by atoms with van der Waals surface area (Å²) in [5, 5.41) is 5.77. The zero-order chi connectivity index (χ0) is 16.4. The molecule has 0 aromatic heterocycles. The predicted octanol–water partition coefficient (Wildman–Crippen LogP) is 4.74. The first-order chi connectivity index (χ1) is 10.2. The maximum atomic E-state index is 5.58. The van der Waals surface area contributed by atoms with Gasteiger partial charge in [0.1, 0.15) is 0 Å². The van der Waals surface area contributed by atoms with E-state index in [9.17, 15) is 0 Å². The molecule has 0 saturated heterocycles. The Morgan fingerprint density at radius 2 is 1.86 bits per heavy atom. The zero-order valence-electron chi connectivity index (χ0n) is 14.8. The Bertz CT molecular complexity index is 555. The molecule has 0 amide bonds. The third kappa shape index (κ3) is 3.89. The zero-order valence-corrected chi connectivity index (χ0v) is 15.8. The van der Waals surface area contributed by atoms with Gasteiger partial charge in [0.2, 0.25) is 0 Å². The first-order valence-corrected chi connectivity index (χ1v) is 11.3. The van der Waals surface area contributed by atoms with E-state index in [1.54, 1.807) is 0 Å². The monoisotopic (exact) mass is 315 g/mol. The largest absolute Gasteiger partial charge is 0.388 e. The summed E-state index contributed by atoms with van der Waals surface area (Å²) in [4.78, 5) is 5.58. The second-order valence-electron chi connectivity index (χ2n) is 7.90. The van der Waals surface area contributed by atoms with Crippen LogP contribution in [0.2, 0.25) is 18.6 Å². The fourth-order valence-electron chi connectivity index (χ4n) is 2.60. The number of oxime groups is 1. The van der Waals surface area contributed by atoms with Gasteiger partial charge in [-0.15, -0.1) is 0 Å². The summed E-state index contributed by atoms with van der Waals surface area (Å²) in [6.45, 7) is 13.8. The van der Waals surface area contributed by atoms with Crippen molar-refractivity contribution in [2.24, 2.45) is 10.6 Å². The van der Waals surface area contributed by atoms with Crippen molar-refractivity contribution in [2.45, 2.75) is 58.9 Å². The van der Waals surface area contributed by atoms with Gasteiger partial charge in [-0.05, 0) is 11.6 Å². The molecule has 22 heavy (non-hydrogen) atoms. The van der Waals surface area contributed by atoms with Crippen LogP contribution in [0.3, 0.4) is 0 Å². The van der Waals surface area contributed by atoms with E-state index in [0.717, 1.165) is 12.1 Å². The Kier molecular flexibility index (Phi) is 4.96. The van der Waals surface area contributed by atoms with Crippen molar-refractivity contribution in [2.75, 3.05) is 0 Å². The van der Waals surface area contributed by atoms with Gasteiger partial charge in [-0.1, -0.05) is 87.5 Å². The van der Waals surface area contributed by atoms with Crippen LogP contribution in [-0.2, 0) is 4.84 Å². The standard InChI is InChI=1S/C19H29NOSi/c1-15(22(5,6)17-10-8-7-9-11-17)12-13-16-14-18(20-21-16)19(2,3)4/h7-13,15-16H,14H2,1-6H3/b13-12-/t15-,16+/m0/s1. The van der Waals surface area contributed by atoms with Gasteiger partial charge < -0.3 is 4.84 Å². The molecule has 1 aliphatic heterocycles. The van der Waals surface area contributed by atoms with Crippen LogP contribution in [0, 0.1) is 5.41 Å². The third-order valence-corrected chi connectivity index (χ3v) is 9.12. The minimum atomic E-state index is -1.49. The van der Waals surface area contributed by atoms with E-state index in [4.69, 9.17) is 4.84 Å². The topological polar surface area (TPSA) is 21.6 Å². The van der Waals surface area contributed by atoms with Crippen molar-refractivity contribution in [3.8, 4) is 0 Å². The highest BCUT2D eigenvalue weighted by atomic mass is 28.3. The highest BCUT2D eigenvalue weighted by Gasteiger charge is 2.30. The SMILES string of the molecule is C[C@@H](/C=C\[C@@H]1CC(C(C)(C)C)=NO1)[Si](C)(C)c1ccccc1. The summed E-state index contributed by atoms with van der Waals surface area (Å²) in [7, 11) is -1.49. The first-order valence-electron chi connectivity index (χ1n) is 8.18. The molecule has 1 heterocycles. The van der Waals surface area contributed by atoms with Gasteiger partial charge in [-0.25, -0.2) is 0 Å². The summed E-state index contributed by atoms with van der Waals surface area (Å²) in [5.74, 6) is 0. The molecule has 3 heteroatoms. The van der Waals surface area contributed by atoms with E-state index in [-0.39, 0.29) is 11.5 Å². The van der Waals surface area contributed by atoms with Crippen LogP contribution in [0.4, 0.5) is 0 Å². The van der Waals surface area contributed by atoms with Gasteiger partial charge in [-0.2, -0.15) is 0 Å². The number of allylic oxidation sites excluding steroid dienone is 1. The van der Waals surface area contributed by atoms with Crippen LogP contribution >= 0.6 is 0 Å². The molecule has 0 saturated carbocycles. The van der Waals surface area contributed by atoms with E-state index in [0.29, 0.717) is 5.54 Å². The Hall–Kier alpha value is -1.35. The molecule has 2 atom stereocenters. The molecule has 0 bridgehead atoms. The van der Waals surface area contributed by atoms with Crippen molar-refractivity contribution in [1.82, 2.24) is 0 Å². The van der Waals surface area contributed by atoms with Gasteiger partial charge in [0.25, 0.3) is 0 Å². The lowest BCUT2D eigenvalue weighted by Crippen LogP contribution is -2.44. The Morgan fingerprint density at radius 3 is 2.41 bits per heavy atom. The van der Waals surface area contributed by atoms with Gasteiger partial charge >= 0.3 is 0 Å². The molecule has 1 aromatic carbocycles. The molecule has 0 radical (unpaired) electrons. The molecule has 0 aliphatic carbocycles. The number of rotatable bonds is 4. The fourth-order valence-corrected chi connectivity index (χ4v) is 4.77. The minimum Gasteiger partial charge on any atom is -0.388 e. The van der Waals surface area contributed by atoms with Crippen LogP contribution < -0.4 is 5.19 Å². The van der Waals surface area contributed by atoms with E-state index < -0.39 is 8.07 Å². The smallest absolute Gasteiger partial charge is 0.151 e. The van der Waals surface area contributed by atoms with Gasteiger partial charge in [0.15, 0.2) is 6.10 Å². The van der Waals surface area contributed by atoms with E-state index in [1.165, 1.54) is 5.19 Å². The van der Waals surface area contributed by atoms with E-state index in [1.807, 2.05) is 0 Å². The van der Waals surface area contributed by atoms with Crippen LogP contribution in [0.5, 0.6) is 0 Å². The lowest BCUT2D eigenvalue weighted by atomic mass is 9.87. The Balaban J connectivity index is 2.00. The second kappa shape index (κ2) is 6.41. The van der Waals surface area contributed by atoms with Crippen molar-refractivity contribution in [3.63, 3.8) is 0 Å². The molecular weight excluding hydrogens is 286 g/mol. The number of benzene rings is 1. The molecule has 1 aliphatic rings. The van der Waals surface area contributed by atoms with Crippen LogP contribution in [0.1, 0.15) is 34.1 Å². The van der Waals surface area contributed by atoms with Crippen molar-refractivity contribution in [1.29, 1.82) is 0 Å². The predicted molar refractivity (Wildman–Crippen MR) is 98.5 cm³/mol. The van der Waals surface area contributed by atoms with Crippen molar-refractivity contribution in [3.05, 3.63) is 42.5 Å². The molecule has 1 aromatic rings. The minimum absolute atomic E-state index is 0.103. The molecule has 2 rings (SSSR count).